The van der Waals surface area contributed by atoms with Crippen molar-refractivity contribution in [2.45, 2.75) is 33.1 Å². The van der Waals surface area contributed by atoms with Crippen molar-refractivity contribution in [2.24, 2.45) is 0 Å². The second kappa shape index (κ2) is 5.75. The van der Waals surface area contributed by atoms with Gasteiger partial charge in [0.25, 0.3) is 0 Å². The van der Waals surface area contributed by atoms with Gasteiger partial charge in [-0.3, -0.25) is 0 Å². The Kier molecular flexibility index (Phi) is 4.62. The number of anilines is 2. The van der Waals surface area contributed by atoms with Crippen LogP contribution in [0.4, 0.5) is 11.5 Å². The largest absolute Gasteiger partial charge is 0.393 e. The van der Waals surface area contributed by atoms with Crippen LogP contribution < -0.4 is 11.1 Å². The number of aryl methyl sites for hydroxylation is 1. The lowest BCUT2D eigenvalue weighted by Crippen LogP contribution is -2.08. The number of hydrogen-bond donors (Lipinski definition) is 2. The summed E-state index contributed by atoms with van der Waals surface area (Å²) in [5.74, 6) is 1.27. The monoisotopic (exact) mass is 228 g/mol. The van der Waals surface area contributed by atoms with Crippen LogP contribution in [0.1, 0.15) is 32.0 Å². The van der Waals surface area contributed by atoms with E-state index in [1.807, 2.05) is 0 Å². The van der Waals surface area contributed by atoms with Crippen LogP contribution in [0.2, 0.25) is 5.15 Å². The summed E-state index contributed by atoms with van der Waals surface area (Å²) in [6, 6.07) is 0. The lowest BCUT2D eigenvalue weighted by Gasteiger charge is -2.09. The Morgan fingerprint density at radius 1 is 1.33 bits per heavy atom. The highest BCUT2D eigenvalue weighted by atomic mass is 35.5. The van der Waals surface area contributed by atoms with Crippen LogP contribution in [-0.2, 0) is 0 Å². The third-order valence-electron chi connectivity index (χ3n) is 2.08. The number of nitrogens with one attached hydrogen (secondary N) is 1. The number of nitrogens with two attached hydrogens (primary N) is 1. The normalized spacial score (nSPS) is 10.3. The summed E-state index contributed by atoms with van der Waals surface area (Å²) < 4.78 is 0. The Bertz CT molecular complexity index is 327. The van der Waals surface area contributed by atoms with Crippen molar-refractivity contribution < 1.29 is 0 Å². The minimum atomic E-state index is 0.320. The first-order valence-corrected chi connectivity index (χ1v) is 5.56. The fourth-order valence-electron chi connectivity index (χ4n) is 1.26. The van der Waals surface area contributed by atoms with E-state index in [-0.39, 0.29) is 0 Å². The zero-order valence-corrected chi connectivity index (χ0v) is 9.93. The molecular weight excluding hydrogens is 212 g/mol. The molecule has 0 aromatic carbocycles. The third kappa shape index (κ3) is 3.55. The average molecular weight is 229 g/mol. The standard InChI is InChI=1S/C10H17ClN4/c1-3-4-5-6-13-10-8(12)9(11)14-7(2)15-10/h3-6,12H2,1-2H3,(H,13,14,15). The molecule has 1 aromatic rings. The van der Waals surface area contributed by atoms with Crippen LogP contribution in [0.25, 0.3) is 0 Å². The van der Waals surface area contributed by atoms with E-state index in [1.165, 1.54) is 12.8 Å². The second-order valence-corrected chi connectivity index (χ2v) is 3.82. The van der Waals surface area contributed by atoms with Crippen molar-refractivity contribution in [2.75, 3.05) is 17.6 Å². The second-order valence-electron chi connectivity index (χ2n) is 3.46. The zero-order valence-electron chi connectivity index (χ0n) is 9.18. The Morgan fingerprint density at radius 3 is 2.73 bits per heavy atom. The fraction of sp³-hybridized carbons (Fsp3) is 0.600. The van der Waals surface area contributed by atoms with Gasteiger partial charge >= 0.3 is 0 Å². The van der Waals surface area contributed by atoms with Crippen molar-refractivity contribution in [1.29, 1.82) is 0 Å². The Hall–Kier alpha value is -1.03. The summed E-state index contributed by atoms with van der Waals surface area (Å²) in [5, 5.41) is 3.49. The smallest absolute Gasteiger partial charge is 0.157 e. The van der Waals surface area contributed by atoms with E-state index in [0.717, 1.165) is 13.0 Å². The molecule has 1 rings (SSSR count). The van der Waals surface area contributed by atoms with Gasteiger partial charge in [0.1, 0.15) is 11.5 Å². The van der Waals surface area contributed by atoms with E-state index in [0.29, 0.717) is 22.5 Å². The Balaban J connectivity index is 2.60. The minimum absolute atomic E-state index is 0.320. The summed E-state index contributed by atoms with van der Waals surface area (Å²) in [6.45, 7) is 4.83. The van der Waals surface area contributed by atoms with Crippen LogP contribution in [0.5, 0.6) is 0 Å². The maximum Gasteiger partial charge on any atom is 0.157 e. The van der Waals surface area contributed by atoms with Crippen molar-refractivity contribution in [1.82, 2.24) is 9.97 Å². The van der Waals surface area contributed by atoms with Crippen molar-refractivity contribution >= 4 is 23.1 Å². The molecule has 0 spiro atoms. The molecular formula is C10H17ClN4. The van der Waals surface area contributed by atoms with Crippen LogP contribution in [-0.4, -0.2) is 16.5 Å². The Labute approximate surface area is 95.3 Å². The van der Waals surface area contributed by atoms with E-state index in [9.17, 15) is 0 Å². The van der Waals surface area contributed by atoms with E-state index < -0.39 is 0 Å². The van der Waals surface area contributed by atoms with Gasteiger partial charge in [-0.05, 0) is 13.3 Å². The first-order valence-electron chi connectivity index (χ1n) is 5.18. The molecule has 84 valence electrons. The van der Waals surface area contributed by atoms with Crippen molar-refractivity contribution in [3.63, 3.8) is 0 Å². The molecule has 0 saturated carbocycles. The van der Waals surface area contributed by atoms with Gasteiger partial charge in [-0.1, -0.05) is 31.4 Å². The van der Waals surface area contributed by atoms with Crippen molar-refractivity contribution in [3.05, 3.63) is 11.0 Å². The summed E-state index contributed by atoms with van der Waals surface area (Å²) >= 11 is 5.84. The minimum Gasteiger partial charge on any atom is -0.393 e. The number of nitrogen functional groups attached to an aromatic ring is 1. The molecule has 1 heterocycles. The molecule has 15 heavy (non-hydrogen) atoms. The van der Waals surface area contributed by atoms with Gasteiger partial charge in [0, 0.05) is 6.54 Å². The summed E-state index contributed by atoms with van der Waals surface area (Å²) in [6.07, 6.45) is 3.50. The number of rotatable bonds is 5. The predicted octanol–water partition coefficient (Wildman–Crippen LogP) is 2.62. The van der Waals surface area contributed by atoms with Crippen LogP contribution in [0, 0.1) is 6.92 Å². The fourth-order valence-corrected chi connectivity index (χ4v) is 1.48. The first kappa shape index (κ1) is 12.0. The van der Waals surface area contributed by atoms with E-state index >= 15 is 0 Å². The zero-order chi connectivity index (χ0) is 11.3. The maximum absolute atomic E-state index is 5.84. The van der Waals surface area contributed by atoms with E-state index in [4.69, 9.17) is 17.3 Å². The number of nitrogens with zero attached hydrogens (tertiary/aromatic N) is 2. The van der Waals surface area contributed by atoms with Crippen LogP contribution in [0.3, 0.4) is 0 Å². The van der Waals surface area contributed by atoms with Gasteiger partial charge in [-0.25, -0.2) is 9.97 Å². The topological polar surface area (TPSA) is 63.8 Å². The molecule has 4 nitrogen and oxygen atoms in total. The molecule has 0 aliphatic heterocycles. The summed E-state index contributed by atoms with van der Waals surface area (Å²) in [7, 11) is 0. The molecule has 0 fully saturated rings. The van der Waals surface area contributed by atoms with Gasteiger partial charge < -0.3 is 11.1 Å². The Morgan fingerprint density at radius 2 is 2.07 bits per heavy atom. The van der Waals surface area contributed by atoms with Crippen LogP contribution >= 0.6 is 11.6 Å². The molecule has 0 radical (unpaired) electrons. The van der Waals surface area contributed by atoms with Gasteiger partial charge in [-0.2, -0.15) is 0 Å². The lowest BCUT2D eigenvalue weighted by atomic mass is 10.2. The average Bonchev–Trinajstić information content (AvgIpc) is 2.19. The maximum atomic E-state index is 5.84. The van der Waals surface area contributed by atoms with Gasteiger partial charge in [-0.15, -0.1) is 0 Å². The molecule has 3 N–H and O–H groups in total. The van der Waals surface area contributed by atoms with Crippen LogP contribution in [0.15, 0.2) is 0 Å². The molecule has 0 atom stereocenters. The van der Waals surface area contributed by atoms with Gasteiger partial charge in [0.05, 0.1) is 0 Å². The predicted molar refractivity (Wildman–Crippen MR) is 64.2 cm³/mol. The number of hydrogen-bond acceptors (Lipinski definition) is 4. The number of halogens is 1. The van der Waals surface area contributed by atoms with Gasteiger partial charge in [0.2, 0.25) is 0 Å². The number of unbranched alkanes of at least 4 members (excludes halogenated alkanes) is 2. The highest BCUT2D eigenvalue weighted by molar-refractivity contribution is 6.32. The molecule has 1 aromatic heterocycles. The summed E-state index contributed by atoms with van der Waals surface area (Å²) in [4.78, 5) is 8.17. The highest BCUT2D eigenvalue weighted by Gasteiger charge is 2.06. The molecule has 0 bridgehead atoms. The SMILES string of the molecule is CCCCCNc1nc(C)nc(Cl)c1N. The third-order valence-corrected chi connectivity index (χ3v) is 2.37. The van der Waals surface area contributed by atoms with E-state index in [2.05, 4.69) is 22.2 Å². The summed E-state index contributed by atoms with van der Waals surface area (Å²) in [5.41, 5.74) is 6.18. The molecule has 0 aliphatic rings. The molecule has 0 saturated heterocycles. The quantitative estimate of drug-likeness (QED) is 0.601. The first-order chi connectivity index (χ1) is 7.15. The van der Waals surface area contributed by atoms with E-state index in [1.54, 1.807) is 6.92 Å². The molecule has 5 heteroatoms. The molecule has 0 amide bonds. The number of aromatic nitrogens is 2. The highest BCUT2D eigenvalue weighted by Crippen LogP contribution is 2.23. The molecule has 0 aliphatic carbocycles. The molecule has 0 unspecified atom stereocenters. The lowest BCUT2D eigenvalue weighted by molar-refractivity contribution is 0.742. The van der Waals surface area contributed by atoms with Gasteiger partial charge in [0.15, 0.2) is 11.0 Å². The van der Waals surface area contributed by atoms with Crippen molar-refractivity contribution in [3.8, 4) is 0 Å².